The topological polar surface area (TPSA) is 81.1 Å². The third-order valence-electron chi connectivity index (χ3n) is 5.68. The number of sulfonamides is 1. The Balaban J connectivity index is 1.56. The van der Waals surface area contributed by atoms with E-state index in [1.807, 2.05) is 29.0 Å². The largest absolute Gasteiger partial charge is 0.334 e. The molecule has 0 unspecified atom stereocenters. The first-order valence-corrected chi connectivity index (χ1v) is 12.4. The van der Waals surface area contributed by atoms with Gasteiger partial charge in [0.1, 0.15) is 5.69 Å². The maximum atomic E-state index is 12.3. The van der Waals surface area contributed by atoms with Crippen molar-refractivity contribution in [1.82, 2.24) is 14.3 Å². The zero-order chi connectivity index (χ0) is 22.3. The van der Waals surface area contributed by atoms with Crippen LogP contribution in [0.4, 0.5) is 0 Å². The Morgan fingerprint density at radius 1 is 1.03 bits per heavy atom. The third kappa shape index (κ3) is 4.29. The van der Waals surface area contributed by atoms with E-state index in [9.17, 15) is 13.2 Å². The van der Waals surface area contributed by atoms with Crippen molar-refractivity contribution in [2.45, 2.75) is 25.3 Å². The second-order valence-electron chi connectivity index (χ2n) is 8.29. The van der Waals surface area contributed by atoms with Crippen LogP contribution in [0.5, 0.6) is 0 Å². The molecule has 1 fully saturated rings. The number of hydrogen-bond donors (Lipinski definition) is 1. The highest BCUT2D eigenvalue weighted by Gasteiger charge is 2.24. The van der Waals surface area contributed by atoms with E-state index in [0.717, 1.165) is 23.0 Å². The molecule has 6 nitrogen and oxygen atoms in total. The number of fused-ring (bicyclic) bond motifs is 1. The fourth-order valence-electron chi connectivity index (χ4n) is 4.06. The van der Waals surface area contributed by atoms with Gasteiger partial charge in [0.15, 0.2) is 0 Å². The van der Waals surface area contributed by atoms with Gasteiger partial charge in [-0.05, 0) is 60.2 Å². The van der Waals surface area contributed by atoms with E-state index in [4.69, 9.17) is 0 Å². The maximum Gasteiger partial charge on any atom is 0.283 e. The quantitative estimate of drug-likeness (QED) is 0.479. The summed E-state index contributed by atoms with van der Waals surface area (Å²) in [6, 6.07) is 24.1. The molecule has 162 valence electrons. The van der Waals surface area contributed by atoms with Gasteiger partial charge < -0.3 is 4.57 Å². The lowest BCUT2D eigenvalue weighted by Crippen LogP contribution is -2.30. The van der Waals surface area contributed by atoms with Gasteiger partial charge in [0.25, 0.3) is 5.91 Å². The van der Waals surface area contributed by atoms with Gasteiger partial charge in [-0.1, -0.05) is 42.5 Å². The minimum absolute atomic E-state index is 0.0710. The number of hydrogen-bond acceptors (Lipinski definition) is 4. The molecule has 7 heteroatoms. The van der Waals surface area contributed by atoms with E-state index < -0.39 is 15.9 Å². The summed E-state index contributed by atoms with van der Waals surface area (Å²) in [5.41, 5.74) is 5.39. The summed E-state index contributed by atoms with van der Waals surface area (Å²) in [4.78, 5) is 16.7. The lowest BCUT2D eigenvalue weighted by atomic mass is 10.1. The summed E-state index contributed by atoms with van der Waals surface area (Å²) >= 11 is 0. The van der Waals surface area contributed by atoms with E-state index in [1.54, 1.807) is 6.07 Å². The van der Waals surface area contributed by atoms with Crippen molar-refractivity contribution < 1.29 is 13.2 Å². The molecular formula is C25H23N3O3S. The lowest BCUT2D eigenvalue weighted by molar-refractivity contribution is 0.0976. The molecule has 5 rings (SSSR count). The molecule has 32 heavy (non-hydrogen) atoms. The average Bonchev–Trinajstić information content (AvgIpc) is 3.56. The van der Waals surface area contributed by atoms with Crippen LogP contribution in [-0.2, 0) is 16.6 Å². The summed E-state index contributed by atoms with van der Waals surface area (Å²) in [6.45, 7) is 0.455. The van der Waals surface area contributed by atoms with Crippen molar-refractivity contribution in [3.05, 3.63) is 89.7 Å². The van der Waals surface area contributed by atoms with E-state index in [-0.39, 0.29) is 5.69 Å². The molecule has 0 bridgehead atoms. The zero-order valence-corrected chi connectivity index (χ0v) is 18.5. The monoisotopic (exact) mass is 445 g/mol. The van der Waals surface area contributed by atoms with Crippen molar-refractivity contribution >= 4 is 26.8 Å². The second kappa shape index (κ2) is 7.91. The molecule has 2 aromatic carbocycles. The van der Waals surface area contributed by atoms with Crippen LogP contribution in [-0.4, -0.2) is 30.1 Å². The Kier molecular flexibility index (Phi) is 5.06. The number of carbonyl (C=O) groups is 1. The minimum Gasteiger partial charge on any atom is -0.334 e. The van der Waals surface area contributed by atoms with E-state index >= 15 is 0 Å². The molecular weight excluding hydrogens is 422 g/mol. The summed E-state index contributed by atoms with van der Waals surface area (Å²) in [6.07, 6.45) is 3.46. The number of carbonyl (C=O) groups excluding carboxylic acids is 1. The highest BCUT2D eigenvalue weighted by atomic mass is 32.2. The van der Waals surface area contributed by atoms with Crippen molar-refractivity contribution in [3.8, 4) is 11.3 Å². The highest BCUT2D eigenvalue weighted by Crippen LogP contribution is 2.41. The van der Waals surface area contributed by atoms with Crippen LogP contribution in [0, 0.1) is 0 Å². The standard InChI is InChI=1S/C25H23N3O3S/c1-32(30,31)27-25(29)22-9-5-8-21(26-22)16-28-23-13-12-19(17-10-11-17)14-20(23)15-24(28)18-6-3-2-4-7-18/h2-9,12-15,17H,10-11,16H2,1H3,(H,27,29). The van der Waals surface area contributed by atoms with Gasteiger partial charge >= 0.3 is 0 Å². The molecule has 2 heterocycles. The predicted molar refractivity (Wildman–Crippen MR) is 125 cm³/mol. The van der Waals surface area contributed by atoms with Gasteiger partial charge in [-0.15, -0.1) is 0 Å². The Morgan fingerprint density at radius 3 is 2.53 bits per heavy atom. The fraction of sp³-hybridized carbons (Fsp3) is 0.200. The van der Waals surface area contributed by atoms with Crippen LogP contribution >= 0.6 is 0 Å². The molecule has 1 aliphatic rings. The number of benzene rings is 2. The molecule has 1 saturated carbocycles. The number of aromatic nitrogens is 2. The smallest absolute Gasteiger partial charge is 0.283 e. The number of nitrogens with zero attached hydrogens (tertiary/aromatic N) is 2. The summed E-state index contributed by atoms with van der Waals surface area (Å²) in [5, 5.41) is 1.18. The lowest BCUT2D eigenvalue weighted by Gasteiger charge is -2.12. The van der Waals surface area contributed by atoms with Gasteiger partial charge in [-0.3, -0.25) is 4.79 Å². The van der Waals surface area contributed by atoms with Crippen molar-refractivity contribution in [3.63, 3.8) is 0 Å². The van der Waals surface area contributed by atoms with Gasteiger partial charge in [0.2, 0.25) is 10.0 Å². The molecule has 0 aliphatic heterocycles. The normalized spacial score (nSPS) is 13.9. The molecule has 4 aromatic rings. The van der Waals surface area contributed by atoms with Gasteiger partial charge in [-0.2, -0.15) is 0 Å². The number of rotatable bonds is 6. The molecule has 0 saturated heterocycles. The first-order valence-electron chi connectivity index (χ1n) is 10.5. The molecule has 0 atom stereocenters. The summed E-state index contributed by atoms with van der Waals surface area (Å²) < 4.78 is 27.0. The van der Waals surface area contributed by atoms with Gasteiger partial charge in [-0.25, -0.2) is 18.1 Å². The average molecular weight is 446 g/mol. The Labute approximate surface area is 187 Å². The first kappa shape index (κ1) is 20.5. The van der Waals surface area contributed by atoms with Crippen LogP contribution in [0.2, 0.25) is 0 Å². The molecule has 0 radical (unpaired) electrons. The van der Waals surface area contributed by atoms with E-state index in [0.29, 0.717) is 18.2 Å². The van der Waals surface area contributed by atoms with Gasteiger partial charge in [0.05, 0.1) is 18.5 Å². The Hall–Kier alpha value is -3.45. The van der Waals surface area contributed by atoms with Crippen LogP contribution in [0.25, 0.3) is 22.2 Å². The van der Waals surface area contributed by atoms with Crippen molar-refractivity contribution in [1.29, 1.82) is 0 Å². The summed E-state index contributed by atoms with van der Waals surface area (Å²) in [5.74, 6) is -0.0568. The van der Waals surface area contributed by atoms with E-state index in [1.165, 1.54) is 29.9 Å². The SMILES string of the molecule is CS(=O)(=O)NC(=O)c1cccc(Cn2c(-c3ccccc3)cc3cc(C4CC4)ccc32)n1. The maximum absolute atomic E-state index is 12.3. The van der Waals surface area contributed by atoms with Crippen LogP contribution < -0.4 is 4.72 Å². The van der Waals surface area contributed by atoms with Gasteiger partial charge in [0, 0.05) is 16.6 Å². The highest BCUT2D eigenvalue weighted by molar-refractivity contribution is 7.89. The molecule has 1 amide bonds. The van der Waals surface area contributed by atoms with Crippen LogP contribution in [0.15, 0.2) is 72.8 Å². The predicted octanol–water partition coefficient (Wildman–Crippen LogP) is 4.32. The minimum atomic E-state index is -3.66. The van der Waals surface area contributed by atoms with Crippen LogP contribution in [0.1, 0.15) is 40.5 Å². The Morgan fingerprint density at radius 2 is 1.81 bits per heavy atom. The van der Waals surface area contributed by atoms with E-state index in [2.05, 4.69) is 45.9 Å². The van der Waals surface area contributed by atoms with Crippen LogP contribution in [0.3, 0.4) is 0 Å². The number of amides is 1. The zero-order valence-electron chi connectivity index (χ0n) is 17.7. The number of nitrogens with one attached hydrogen (secondary N) is 1. The van der Waals surface area contributed by atoms with Crippen molar-refractivity contribution in [2.75, 3.05) is 6.26 Å². The molecule has 1 N–H and O–H groups in total. The summed E-state index contributed by atoms with van der Waals surface area (Å²) in [7, 11) is -3.66. The van der Waals surface area contributed by atoms with Crippen molar-refractivity contribution in [2.24, 2.45) is 0 Å². The fourth-order valence-corrected chi connectivity index (χ4v) is 4.50. The Bertz CT molecular complexity index is 1420. The third-order valence-corrected chi connectivity index (χ3v) is 6.24. The second-order valence-corrected chi connectivity index (χ2v) is 10.0. The first-order chi connectivity index (χ1) is 15.4. The number of pyridine rings is 1. The molecule has 0 spiro atoms. The molecule has 1 aliphatic carbocycles. The molecule has 2 aromatic heterocycles.